The molecule has 2 nitrogen and oxygen atoms in total. The fourth-order valence-electron chi connectivity index (χ4n) is 3.84. The number of ether oxygens (including phenoxy) is 1. The van der Waals surface area contributed by atoms with Gasteiger partial charge < -0.3 is 10.1 Å². The van der Waals surface area contributed by atoms with Crippen LogP contribution in [-0.4, -0.2) is 19.3 Å². The minimum absolute atomic E-state index is 0.420. The summed E-state index contributed by atoms with van der Waals surface area (Å²) in [5.41, 5.74) is 0. The second-order valence-electron chi connectivity index (χ2n) is 6.02. The van der Waals surface area contributed by atoms with Crippen molar-refractivity contribution in [3.8, 4) is 0 Å². The lowest BCUT2D eigenvalue weighted by Crippen LogP contribution is -2.41. The number of thiophene rings is 1. The molecule has 0 radical (unpaired) electrons. The van der Waals surface area contributed by atoms with E-state index < -0.39 is 0 Å². The molecular weight excluding hydrogens is 254 g/mol. The topological polar surface area (TPSA) is 21.3 Å². The molecule has 1 aromatic rings. The van der Waals surface area contributed by atoms with Gasteiger partial charge in [-0.1, -0.05) is 18.9 Å². The highest BCUT2D eigenvalue weighted by Crippen LogP contribution is 2.38. The van der Waals surface area contributed by atoms with Crippen molar-refractivity contribution in [2.24, 2.45) is 5.92 Å². The Morgan fingerprint density at radius 1 is 1.21 bits per heavy atom. The zero-order valence-electron chi connectivity index (χ0n) is 11.8. The Balaban J connectivity index is 1.72. The minimum Gasteiger partial charge on any atom is -0.380 e. The molecule has 2 fully saturated rings. The molecule has 0 spiro atoms. The Morgan fingerprint density at radius 3 is 2.74 bits per heavy atom. The highest BCUT2D eigenvalue weighted by atomic mass is 32.1. The number of hydrogen-bond acceptors (Lipinski definition) is 3. The number of hydrogen-bond donors (Lipinski definition) is 1. The molecule has 2 aliphatic carbocycles. The van der Waals surface area contributed by atoms with Gasteiger partial charge in [0.2, 0.25) is 0 Å². The summed E-state index contributed by atoms with van der Waals surface area (Å²) in [4.78, 5) is 1.52. The van der Waals surface area contributed by atoms with Crippen molar-refractivity contribution < 1.29 is 4.74 Å². The highest BCUT2D eigenvalue weighted by Gasteiger charge is 2.33. The average molecular weight is 279 g/mol. The van der Waals surface area contributed by atoms with Crippen LogP contribution in [0.5, 0.6) is 0 Å². The fraction of sp³-hybridized carbons (Fsp3) is 0.750. The standard InChI is InChI=1S/C16H25NOS/c1-18-14-9-4-8-13(14)17-16(12-6-2-3-7-12)15-10-5-11-19-15/h5,10-14,16-17H,2-4,6-9H2,1H3. The predicted molar refractivity (Wildman–Crippen MR) is 80.6 cm³/mol. The van der Waals surface area contributed by atoms with E-state index in [4.69, 9.17) is 4.74 Å². The summed E-state index contributed by atoms with van der Waals surface area (Å²) in [6.07, 6.45) is 9.81. The van der Waals surface area contributed by atoms with E-state index in [1.807, 2.05) is 18.4 Å². The maximum Gasteiger partial charge on any atom is 0.0724 e. The molecule has 106 valence electrons. The van der Waals surface area contributed by atoms with Gasteiger partial charge in [-0.05, 0) is 49.5 Å². The first-order chi connectivity index (χ1) is 9.38. The molecule has 1 aromatic heterocycles. The Kier molecular flexibility index (Phi) is 4.57. The monoisotopic (exact) mass is 279 g/mol. The van der Waals surface area contributed by atoms with E-state index in [0.29, 0.717) is 18.2 Å². The van der Waals surface area contributed by atoms with Gasteiger partial charge in [0.05, 0.1) is 6.10 Å². The molecule has 0 amide bonds. The Bertz CT molecular complexity index is 372. The largest absolute Gasteiger partial charge is 0.380 e. The average Bonchev–Trinajstić information content (AvgIpc) is 3.17. The van der Waals surface area contributed by atoms with Gasteiger partial charge in [-0.3, -0.25) is 0 Å². The van der Waals surface area contributed by atoms with Gasteiger partial charge >= 0.3 is 0 Å². The van der Waals surface area contributed by atoms with E-state index in [1.165, 1.54) is 49.8 Å². The molecule has 3 unspecified atom stereocenters. The summed E-state index contributed by atoms with van der Waals surface area (Å²) in [5.74, 6) is 0.830. The third kappa shape index (κ3) is 3.04. The zero-order chi connectivity index (χ0) is 13.1. The van der Waals surface area contributed by atoms with E-state index >= 15 is 0 Å². The molecular formula is C16H25NOS. The molecule has 3 rings (SSSR count). The Labute approximate surface area is 120 Å². The lowest BCUT2D eigenvalue weighted by molar-refractivity contribution is 0.0780. The van der Waals surface area contributed by atoms with Crippen molar-refractivity contribution in [1.82, 2.24) is 5.32 Å². The normalized spacial score (nSPS) is 29.9. The molecule has 2 saturated carbocycles. The van der Waals surface area contributed by atoms with Crippen molar-refractivity contribution in [2.45, 2.75) is 63.1 Å². The summed E-state index contributed by atoms with van der Waals surface area (Å²) >= 11 is 1.91. The maximum atomic E-state index is 5.65. The van der Waals surface area contributed by atoms with Gasteiger partial charge in [-0.25, -0.2) is 0 Å². The third-order valence-electron chi connectivity index (χ3n) is 4.87. The Hall–Kier alpha value is -0.380. The van der Waals surface area contributed by atoms with Crippen LogP contribution < -0.4 is 5.32 Å². The van der Waals surface area contributed by atoms with Crippen LogP contribution in [0.3, 0.4) is 0 Å². The molecule has 19 heavy (non-hydrogen) atoms. The first kappa shape index (κ1) is 13.6. The predicted octanol–water partition coefficient (Wildman–Crippen LogP) is 4.14. The van der Waals surface area contributed by atoms with E-state index in [0.717, 1.165) is 5.92 Å². The Morgan fingerprint density at radius 2 is 2.05 bits per heavy atom. The molecule has 0 saturated heterocycles. The summed E-state index contributed by atoms with van der Waals surface area (Å²) < 4.78 is 5.65. The van der Waals surface area contributed by atoms with Crippen molar-refractivity contribution >= 4 is 11.3 Å². The first-order valence-corrected chi connectivity index (χ1v) is 8.58. The molecule has 1 heterocycles. The number of nitrogens with one attached hydrogen (secondary N) is 1. The van der Waals surface area contributed by atoms with Gasteiger partial charge in [0.1, 0.15) is 0 Å². The zero-order valence-corrected chi connectivity index (χ0v) is 12.6. The van der Waals surface area contributed by atoms with Gasteiger partial charge in [0.15, 0.2) is 0 Å². The molecule has 0 bridgehead atoms. The minimum atomic E-state index is 0.420. The maximum absolute atomic E-state index is 5.65. The van der Waals surface area contributed by atoms with Crippen LogP contribution in [0, 0.1) is 5.92 Å². The molecule has 3 heteroatoms. The fourth-order valence-corrected chi connectivity index (χ4v) is 4.72. The SMILES string of the molecule is COC1CCCC1NC(c1cccs1)C1CCCC1. The summed E-state index contributed by atoms with van der Waals surface area (Å²) in [6, 6.07) is 5.60. The second kappa shape index (κ2) is 6.38. The van der Waals surface area contributed by atoms with E-state index in [1.54, 1.807) is 0 Å². The van der Waals surface area contributed by atoms with Crippen LogP contribution in [0.2, 0.25) is 0 Å². The summed E-state index contributed by atoms with van der Waals surface area (Å²) in [5, 5.41) is 6.16. The van der Waals surface area contributed by atoms with E-state index in [-0.39, 0.29) is 0 Å². The highest BCUT2D eigenvalue weighted by molar-refractivity contribution is 7.10. The quantitative estimate of drug-likeness (QED) is 0.874. The van der Waals surface area contributed by atoms with Gasteiger partial charge in [-0.15, -0.1) is 11.3 Å². The van der Waals surface area contributed by atoms with Gasteiger partial charge in [-0.2, -0.15) is 0 Å². The number of methoxy groups -OCH3 is 1. The van der Waals surface area contributed by atoms with Crippen LogP contribution in [0.1, 0.15) is 55.9 Å². The lowest BCUT2D eigenvalue weighted by Gasteiger charge is -2.30. The molecule has 0 aromatic carbocycles. The van der Waals surface area contributed by atoms with E-state index in [2.05, 4.69) is 22.8 Å². The van der Waals surface area contributed by atoms with Crippen LogP contribution in [-0.2, 0) is 4.74 Å². The second-order valence-corrected chi connectivity index (χ2v) is 7.00. The molecule has 2 aliphatic rings. The summed E-state index contributed by atoms with van der Waals surface area (Å²) in [6.45, 7) is 0. The van der Waals surface area contributed by atoms with Gasteiger partial charge in [0, 0.05) is 24.1 Å². The third-order valence-corrected chi connectivity index (χ3v) is 5.83. The smallest absolute Gasteiger partial charge is 0.0724 e. The van der Waals surface area contributed by atoms with E-state index in [9.17, 15) is 0 Å². The van der Waals surface area contributed by atoms with Crippen LogP contribution in [0.15, 0.2) is 17.5 Å². The van der Waals surface area contributed by atoms with Crippen LogP contribution in [0.25, 0.3) is 0 Å². The molecule has 0 aliphatic heterocycles. The molecule has 1 N–H and O–H groups in total. The van der Waals surface area contributed by atoms with Crippen LogP contribution >= 0.6 is 11.3 Å². The first-order valence-electron chi connectivity index (χ1n) is 7.70. The molecule has 3 atom stereocenters. The number of rotatable bonds is 5. The lowest BCUT2D eigenvalue weighted by atomic mass is 9.95. The van der Waals surface area contributed by atoms with Crippen LogP contribution in [0.4, 0.5) is 0 Å². The van der Waals surface area contributed by atoms with Gasteiger partial charge in [0.25, 0.3) is 0 Å². The van der Waals surface area contributed by atoms with Crippen molar-refractivity contribution in [3.05, 3.63) is 22.4 Å². The van der Waals surface area contributed by atoms with Crippen molar-refractivity contribution in [2.75, 3.05) is 7.11 Å². The van der Waals surface area contributed by atoms with Crippen molar-refractivity contribution in [1.29, 1.82) is 0 Å². The van der Waals surface area contributed by atoms with Crippen molar-refractivity contribution in [3.63, 3.8) is 0 Å². The summed E-state index contributed by atoms with van der Waals surface area (Å²) in [7, 11) is 1.86.